The van der Waals surface area contributed by atoms with Crippen molar-refractivity contribution in [1.82, 2.24) is 0 Å². The average molecular weight is 378 g/mol. The molecule has 1 amide bonds. The molecule has 3 rings (SSSR count). The number of anilines is 1. The number of carbonyl (C=O) groups excluding carboxylic acids is 1. The van der Waals surface area contributed by atoms with E-state index >= 15 is 0 Å². The predicted molar refractivity (Wildman–Crippen MR) is 94.4 cm³/mol. The molecule has 1 aliphatic heterocycles. The van der Waals surface area contributed by atoms with Crippen LogP contribution in [-0.2, 0) is 4.79 Å². The summed E-state index contributed by atoms with van der Waals surface area (Å²) in [7, 11) is 1.66. The first-order valence-electron chi connectivity index (χ1n) is 6.99. The molecule has 114 valence electrons. The molecule has 2 atom stereocenters. The van der Waals surface area contributed by atoms with E-state index < -0.39 is 0 Å². The van der Waals surface area contributed by atoms with Gasteiger partial charge in [-0.3, -0.25) is 9.69 Å². The van der Waals surface area contributed by atoms with Crippen molar-refractivity contribution in [2.24, 2.45) is 0 Å². The van der Waals surface area contributed by atoms with Crippen molar-refractivity contribution in [2.45, 2.75) is 17.5 Å². The van der Waals surface area contributed by atoms with Crippen LogP contribution < -0.4 is 9.64 Å². The van der Waals surface area contributed by atoms with Crippen LogP contribution >= 0.6 is 27.7 Å². The molecule has 0 radical (unpaired) electrons. The lowest BCUT2D eigenvalue weighted by atomic mass is 10.1. The number of methoxy groups -OCH3 is 1. The second-order valence-corrected chi connectivity index (χ2v) is 7.40. The largest absolute Gasteiger partial charge is 0.496 e. The molecule has 2 aromatic rings. The summed E-state index contributed by atoms with van der Waals surface area (Å²) in [5.74, 6) is 0.923. The van der Waals surface area contributed by atoms with Crippen LogP contribution in [0.25, 0.3) is 0 Å². The monoisotopic (exact) mass is 377 g/mol. The van der Waals surface area contributed by atoms with Gasteiger partial charge in [-0.05, 0) is 37.3 Å². The minimum Gasteiger partial charge on any atom is -0.496 e. The Morgan fingerprint density at radius 2 is 1.91 bits per heavy atom. The van der Waals surface area contributed by atoms with Crippen molar-refractivity contribution in [3.63, 3.8) is 0 Å². The highest BCUT2D eigenvalue weighted by Crippen LogP contribution is 2.48. The number of thioether (sulfide) groups is 1. The van der Waals surface area contributed by atoms with Crippen LogP contribution in [0.4, 0.5) is 5.69 Å². The van der Waals surface area contributed by atoms with Gasteiger partial charge in [0.25, 0.3) is 0 Å². The van der Waals surface area contributed by atoms with E-state index in [1.165, 1.54) is 0 Å². The molecule has 0 N–H and O–H groups in total. The highest BCUT2D eigenvalue weighted by atomic mass is 79.9. The lowest BCUT2D eigenvalue weighted by molar-refractivity contribution is -0.117. The van der Waals surface area contributed by atoms with Gasteiger partial charge in [0.2, 0.25) is 5.91 Å². The van der Waals surface area contributed by atoms with E-state index in [0.29, 0.717) is 0 Å². The molecule has 1 heterocycles. The smallest absolute Gasteiger partial charge is 0.241 e. The Kier molecular flexibility index (Phi) is 4.45. The normalized spacial score (nSPS) is 21.2. The second-order valence-electron chi connectivity index (χ2n) is 5.06. The second kappa shape index (κ2) is 6.34. The molecular formula is C17H16BrNO2S. The average Bonchev–Trinajstić information content (AvgIpc) is 2.83. The van der Waals surface area contributed by atoms with Crippen LogP contribution in [0, 0.1) is 0 Å². The maximum absolute atomic E-state index is 12.6. The first-order valence-corrected chi connectivity index (χ1v) is 8.72. The van der Waals surface area contributed by atoms with Crippen LogP contribution in [0.1, 0.15) is 17.9 Å². The van der Waals surface area contributed by atoms with Gasteiger partial charge in [-0.25, -0.2) is 0 Å². The van der Waals surface area contributed by atoms with E-state index in [1.807, 2.05) is 60.4 Å². The van der Waals surface area contributed by atoms with E-state index in [-0.39, 0.29) is 16.5 Å². The van der Waals surface area contributed by atoms with Crippen molar-refractivity contribution in [1.29, 1.82) is 0 Å². The van der Waals surface area contributed by atoms with Gasteiger partial charge >= 0.3 is 0 Å². The Hall–Kier alpha value is -1.46. The van der Waals surface area contributed by atoms with Gasteiger partial charge < -0.3 is 4.74 Å². The highest BCUT2D eigenvalue weighted by Gasteiger charge is 2.40. The van der Waals surface area contributed by atoms with E-state index in [9.17, 15) is 4.79 Å². The molecule has 1 aliphatic rings. The molecule has 0 bridgehead atoms. The number of halogens is 1. The van der Waals surface area contributed by atoms with Crippen LogP contribution in [-0.4, -0.2) is 18.3 Å². The van der Waals surface area contributed by atoms with Gasteiger partial charge in [-0.2, -0.15) is 0 Å². The lowest BCUT2D eigenvalue weighted by Crippen LogP contribution is -2.30. The van der Waals surface area contributed by atoms with Crippen molar-refractivity contribution >= 4 is 39.3 Å². The summed E-state index contributed by atoms with van der Waals surface area (Å²) >= 11 is 5.15. The lowest BCUT2D eigenvalue weighted by Gasteiger charge is -2.25. The van der Waals surface area contributed by atoms with E-state index in [4.69, 9.17) is 4.74 Å². The van der Waals surface area contributed by atoms with E-state index in [0.717, 1.165) is 21.5 Å². The predicted octanol–water partition coefficient (Wildman–Crippen LogP) is 4.62. The topological polar surface area (TPSA) is 29.5 Å². The number of rotatable bonds is 3. The molecule has 3 nitrogen and oxygen atoms in total. The van der Waals surface area contributed by atoms with Gasteiger partial charge in [0.1, 0.15) is 11.1 Å². The molecular weight excluding hydrogens is 362 g/mol. The van der Waals surface area contributed by atoms with Crippen LogP contribution in [0.15, 0.2) is 53.0 Å². The van der Waals surface area contributed by atoms with Gasteiger partial charge in [0.15, 0.2) is 0 Å². The fraction of sp³-hybridized carbons (Fsp3) is 0.235. The van der Waals surface area contributed by atoms with Crippen molar-refractivity contribution in [3.05, 3.63) is 58.6 Å². The van der Waals surface area contributed by atoms with Gasteiger partial charge in [-0.15, -0.1) is 11.8 Å². The number of hydrogen-bond acceptors (Lipinski definition) is 3. The zero-order valence-corrected chi connectivity index (χ0v) is 14.7. The number of ether oxygens (including phenoxy) is 1. The zero-order valence-electron chi connectivity index (χ0n) is 12.3. The quantitative estimate of drug-likeness (QED) is 0.780. The molecule has 5 heteroatoms. The standard InChI is InChI=1S/C17H16BrNO2S/c1-11-16(20)19(13-6-4-3-5-7-13)17(22-11)14-10-12(18)8-9-15(14)21-2/h3-11,17H,1-2H3. The highest BCUT2D eigenvalue weighted by molar-refractivity contribution is 9.10. The summed E-state index contributed by atoms with van der Waals surface area (Å²) in [6, 6.07) is 15.7. The Balaban J connectivity index is 2.09. The summed E-state index contributed by atoms with van der Waals surface area (Å²) in [5, 5.41) is -0.161. The third kappa shape index (κ3) is 2.75. The molecule has 22 heavy (non-hydrogen) atoms. The van der Waals surface area contributed by atoms with E-state index in [1.54, 1.807) is 18.9 Å². The van der Waals surface area contributed by atoms with Crippen LogP contribution in [0.2, 0.25) is 0 Å². The number of carbonyl (C=O) groups is 1. The fourth-order valence-electron chi connectivity index (χ4n) is 2.59. The molecule has 0 aliphatic carbocycles. The van der Waals surface area contributed by atoms with Crippen molar-refractivity contribution in [2.75, 3.05) is 12.0 Å². The van der Waals surface area contributed by atoms with Gasteiger partial charge in [-0.1, -0.05) is 34.1 Å². The summed E-state index contributed by atoms with van der Waals surface area (Å²) in [6.07, 6.45) is 0. The molecule has 2 unspecified atom stereocenters. The minimum atomic E-state index is -0.0858. The Labute approximate surface area is 142 Å². The molecule has 0 aromatic heterocycles. The third-order valence-electron chi connectivity index (χ3n) is 3.64. The molecule has 0 saturated carbocycles. The van der Waals surface area contributed by atoms with Crippen LogP contribution in [0.5, 0.6) is 5.75 Å². The molecule has 1 saturated heterocycles. The van der Waals surface area contributed by atoms with Gasteiger partial charge in [0, 0.05) is 15.7 Å². The first-order chi connectivity index (χ1) is 10.6. The summed E-state index contributed by atoms with van der Waals surface area (Å²) in [4.78, 5) is 14.5. The number of para-hydroxylation sites is 1. The Morgan fingerprint density at radius 1 is 1.18 bits per heavy atom. The maximum atomic E-state index is 12.6. The fourth-order valence-corrected chi connectivity index (χ4v) is 4.26. The Morgan fingerprint density at radius 3 is 2.59 bits per heavy atom. The van der Waals surface area contributed by atoms with Crippen LogP contribution in [0.3, 0.4) is 0 Å². The number of hydrogen-bond donors (Lipinski definition) is 0. The van der Waals surface area contributed by atoms with Gasteiger partial charge in [0.05, 0.1) is 12.4 Å². The van der Waals surface area contributed by atoms with Crippen molar-refractivity contribution in [3.8, 4) is 5.75 Å². The SMILES string of the molecule is COc1ccc(Br)cc1C1SC(C)C(=O)N1c1ccccc1. The summed E-state index contributed by atoms with van der Waals surface area (Å²) in [6.45, 7) is 1.95. The molecule has 0 spiro atoms. The summed E-state index contributed by atoms with van der Waals surface area (Å²) in [5.41, 5.74) is 1.92. The number of benzene rings is 2. The van der Waals surface area contributed by atoms with E-state index in [2.05, 4.69) is 15.9 Å². The first kappa shape index (κ1) is 15.4. The molecule has 2 aromatic carbocycles. The number of amides is 1. The minimum absolute atomic E-state index is 0.0751. The maximum Gasteiger partial charge on any atom is 0.241 e. The Bertz CT molecular complexity index is 692. The zero-order chi connectivity index (χ0) is 15.7. The summed E-state index contributed by atoms with van der Waals surface area (Å²) < 4.78 is 6.47. The molecule has 1 fully saturated rings. The van der Waals surface area contributed by atoms with Crippen molar-refractivity contribution < 1.29 is 9.53 Å². The number of nitrogens with zero attached hydrogens (tertiary/aromatic N) is 1. The third-order valence-corrected chi connectivity index (χ3v) is 5.47.